The minimum absolute atomic E-state index is 0.0713. The highest BCUT2D eigenvalue weighted by Crippen LogP contribution is 2.22. The van der Waals surface area contributed by atoms with Crippen molar-refractivity contribution in [3.8, 4) is 0 Å². The fourth-order valence-electron chi connectivity index (χ4n) is 2.98. The van der Waals surface area contributed by atoms with E-state index in [0.29, 0.717) is 13.1 Å². The lowest BCUT2D eigenvalue weighted by Gasteiger charge is -2.38. The molecule has 1 aliphatic heterocycles. The van der Waals surface area contributed by atoms with Crippen molar-refractivity contribution < 1.29 is 9.53 Å². The number of rotatable bonds is 3. The quantitative estimate of drug-likeness (QED) is 0.917. The fraction of sp³-hybridized carbons (Fsp3) is 0.562. The summed E-state index contributed by atoms with van der Waals surface area (Å²) in [5, 5.41) is 0. The minimum Gasteiger partial charge on any atom is -0.381 e. The summed E-state index contributed by atoms with van der Waals surface area (Å²) in [6.45, 7) is 5.23. The summed E-state index contributed by atoms with van der Waals surface area (Å²) in [6, 6.07) is 6.05. The highest BCUT2D eigenvalue weighted by molar-refractivity contribution is 5.95. The predicted octanol–water partition coefficient (Wildman–Crippen LogP) is 1.88. The van der Waals surface area contributed by atoms with Crippen molar-refractivity contribution in [1.82, 2.24) is 4.90 Å². The van der Waals surface area contributed by atoms with Gasteiger partial charge in [0, 0.05) is 31.8 Å². The number of aryl methyl sites for hydroxylation is 2. The van der Waals surface area contributed by atoms with Gasteiger partial charge in [0.1, 0.15) is 0 Å². The van der Waals surface area contributed by atoms with E-state index in [1.165, 1.54) is 0 Å². The smallest absolute Gasteiger partial charge is 0.254 e. The van der Waals surface area contributed by atoms with E-state index in [1.54, 1.807) is 7.11 Å². The van der Waals surface area contributed by atoms with Gasteiger partial charge >= 0.3 is 0 Å². The monoisotopic (exact) mass is 276 g/mol. The van der Waals surface area contributed by atoms with E-state index in [1.807, 2.05) is 30.9 Å². The normalized spacial score (nSPS) is 22.9. The number of methoxy groups -OCH3 is 1. The zero-order valence-corrected chi connectivity index (χ0v) is 12.6. The van der Waals surface area contributed by atoms with Crippen LogP contribution in [0.4, 0.5) is 0 Å². The Labute approximate surface area is 120 Å². The lowest BCUT2D eigenvalue weighted by atomic mass is 9.97. The van der Waals surface area contributed by atoms with Crippen LogP contribution in [0.3, 0.4) is 0 Å². The maximum absolute atomic E-state index is 12.7. The Balaban J connectivity index is 2.19. The van der Waals surface area contributed by atoms with Crippen LogP contribution < -0.4 is 5.73 Å². The van der Waals surface area contributed by atoms with Crippen molar-refractivity contribution in [1.29, 1.82) is 0 Å². The summed E-state index contributed by atoms with van der Waals surface area (Å²) >= 11 is 0. The van der Waals surface area contributed by atoms with Crippen molar-refractivity contribution in [2.24, 2.45) is 5.73 Å². The van der Waals surface area contributed by atoms with Gasteiger partial charge in [0.15, 0.2) is 0 Å². The first-order chi connectivity index (χ1) is 9.55. The largest absolute Gasteiger partial charge is 0.381 e. The Kier molecular flexibility index (Phi) is 4.78. The van der Waals surface area contributed by atoms with Gasteiger partial charge < -0.3 is 15.4 Å². The van der Waals surface area contributed by atoms with E-state index in [-0.39, 0.29) is 18.1 Å². The molecule has 2 rings (SSSR count). The summed E-state index contributed by atoms with van der Waals surface area (Å²) in [6.07, 6.45) is 1.92. The van der Waals surface area contributed by atoms with E-state index < -0.39 is 0 Å². The molecule has 0 aliphatic carbocycles. The number of nitrogens with zero attached hydrogens (tertiary/aromatic N) is 1. The fourth-order valence-corrected chi connectivity index (χ4v) is 2.98. The zero-order chi connectivity index (χ0) is 14.7. The Bertz CT molecular complexity index is 467. The molecule has 110 valence electrons. The third kappa shape index (κ3) is 3.19. The first-order valence-corrected chi connectivity index (χ1v) is 7.17. The molecule has 1 saturated heterocycles. The second kappa shape index (κ2) is 6.37. The Morgan fingerprint density at radius 3 is 2.55 bits per heavy atom. The Hall–Kier alpha value is -1.39. The van der Waals surface area contributed by atoms with Gasteiger partial charge in [0.25, 0.3) is 5.91 Å². The van der Waals surface area contributed by atoms with Crippen LogP contribution >= 0.6 is 0 Å². The van der Waals surface area contributed by atoms with E-state index >= 15 is 0 Å². The number of amides is 1. The van der Waals surface area contributed by atoms with Crippen molar-refractivity contribution in [3.05, 3.63) is 34.9 Å². The van der Waals surface area contributed by atoms with E-state index in [2.05, 4.69) is 6.07 Å². The second-order valence-corrected chi connectivity index (χ2v) is 5.65. The van der Waals surface area contributed by atoms with Gasteiger partial charge in [-0.15, -0.1) is 0 Å². The molecule has 0 bridgehead atoms. The van der Waals surface area contributed by atoms with Crippen LogP contribution in [0.1, 0.15) is 34.3 Å². The highest BCUT2D eigenvalue weighted by atomic mass is 16.5. The average Bonchev–Trinajstić information content (AvgIpc) is 2.44. The van der Waals surface area contributed by atoms with Gasteiger partial charge in [-0.05, 0) is 38.8 Å². The van der Waals surface area contributed by atoms with Crippen molar-refractivity contribution >= 4 is 5.91 Å². The second-order valence-electron chi connectivity index (χ2n) is 5.65. The highest BCUT2D eigenvalue weighted by Gasteiger charge is 2.31. The third-order valence-corrected chi connectivity index (χ3v) is 4.00. The van der Waals surface area contributed by atoms with Crippen molar-refractivity contribution in [2.45, 2.75) is 38.8 Å². The maximum Gasteiger partial charge on any atom is 0.254 e. The molecule has 0 aromatic heterocycles. The van der Waals surface area contributed by atoms with Gasteiger partial charge in [-0.25, -0.2) is 0 Å². The molecule has 2 atom stereocenters. The number of hydrogen-bond acceptors (Lipinski definition) is 3. The topological polar surface area (TPSA) is 55.6 Å². The van der Waals surface area contributed by atoms with Gasteiger partial charge in [-0.2, -0.15) is 0 Å². The van der Waals surface area contributed by atoms with Crippen LogP contribution in [-0.2, 0) is 4.74 Å². The number of nitrogens with two attached hydrogens (primary N) is 1. The maximum atomic E-state index is 12.7. The number of benzene rings is 1. The van der Waals surface area contributed by atoms with E-state index in [0.717, 1.165) is 29.5 Å². The number of carbonyl (C=O) groups is 1. The van der Waals surface area contributed by atoms with Gasteiger partial charge in [-0.1, -0.05) is 17.2 Å². The molecule has 1 amide bonds. The molecule has 1 heterocycles. The van der Waals surface area contributed by atoms with Crippen LogP contribution in [0.25, 0.3) is 0 Å². The molecule has 1 aromatic carbocycles. The number of likely N-dealkylation sites (tertiary alicyclic amines) is 1. The molecule has 0 saturated carbocycles. The SMILES string of the molecule is COC1CCN(C(=O)c2cc(C)cc(C)c2)C(CN)C1. The molecular weight excluding hydrogens is 252 g/mol. The van der Waals surface area contributed by atoms with E-state index in [4.69, 9.17) is 10.5 Å². The molecule has 1 fully saturated rings. The first-order valence-electron chi connectivity index (χ1n) is 7.17. The molecule has 4 heteroatoms. The van der Waals surface area contributed by atoms with Crippen LogP contribution in [0, 0.1) is 13.8 Å². The van der Waals surface area contributed by atoms with Crippen LogP contribution in [-0.4, -0.2) is 43.2 Å². The Morgan fingerprint density at radius 2 is 2.00 bits per heavy atom. The van der Waals surface area contributed by atoms with Crippen LogP contribution in [0.15, 0.2) is 18.2 Å². The standard InChI is InChI=1S/C16H24N2O2/c1-11-6-12(2)8-13(7-11)16(19)18-5-4-15(20-3)9-14(18)10-17/h6-8,14-15H,4-5,9-10,17H2,1-3H3. The van der Waals surface area contributed by atoms with Gasteiger partial charge in [0.05, 0.1) is 6.10 Å². The molecule has 0 spiro atoms. The van der Waals surface area contributed by atoms with Crippen LogP contribution in [0.2, 0.25) is 0 Å². The molecule has 1 aromatic rings. The lowest BCUT2D eigenvalue weighted by molar-refractivity contribution is 0.0139. The number of hydrogen-bond donors (Lipinski definition) is 1. The van der Waals surface area contributed by atoms with Gasteiger partial charge in [0.2, 0.25) is 0 Å². The predicted molar refractivity (Wildman–Crippen MR) is 79.8 cm³/mol. The first kappa shape index (κ1) is 15.0. The average molecular weight is 276 g/mol. The zero-order valence-electron chi connectivity index (χ0n) is 12.6. The molecule has 0 radical (unpaired) electrons. The lowest BCUT2D eigenvalue weighted by Crippen LogP contribution is -2.51. The number of ether oxygens (including phenoxy) is 1. The molecule has 4 nitrogen and oxygen atoms in total. The molecule has 2 unspecified atom stereocenters. The summed E-state index contributed by atoms with van der Waals surface area (Å²) in [7, 11) is 1.72. The Morgan fingerprint density at radius 1 is 1.35 bits per heavy atom. The summed E-state index contributed by atoms with van der Waals surface area (Å²) in [5.74, 6) is 0.0850. The molecule has 1 aliphatic rings. The van der Waals surface area contributed by atoms with E-state index in [9.17, 15) is 4.79 Å². The molecule has 20 heavy (non-hydrogen) atoms. The van der Waals surface area contributed by atoms with Crippen LogP contribution in [0.5, 0.6) is 0 Å². The number of carbonyl (C=O) groups excluding carboxylic acids is 1. The van der Waals surface area contributed by atoms with Crippen molar-refractivity contribution in [3.63, 3.8) is 0 Å². The summed E-state index contributed by atoms with van der Waals surface area (Å²) in [5.41, 5.74) is 8.83. The molecule has 2 N–H and O–H groups in total. The van der Waals surface area contributed by atoms with Gasteiger partial charge in [-0.3, -0.25) is 4.79 Å². The number of piperidine rings is 1. The summed E-state index contributed by atoms with van der Waals surface area (Å²) in [4.78, 5) is 14.6. The van der Waals surface area contributed by atoms with Crippen molar-refractivity contribution in [2.75, 3.05) is 20.2 Å². The molecular formula is C16H24N2O2. The third-order valence-electron chi connectivity index (χ3n) is 4.00. The minimum atomic E-state index is 0.0713. The summed E-state index contributed by atoms with van der Waals surface area (Å²) < 4.78 is 5.40.